The molecule has 0 aliphatic rings. The van der Waals surface area contributed by atoms with Gasteiger partial charge in [-0.05, 0) is 25.0 Å². The molecule has 0 radical (unpaired) electrons. The Morgan fingerprint density at radius 3 is 2.06 bits per heavy atom. The summed E-state index contributed by atoms with van der Waals surface area (Å²) in [7, 11) is -3.42. The molecule has 0 atom stereocenters. The van der Waals surface area contributed by atoms with Gasteiger partial charge in [-0.1, -0.05) is 32.0 Å². The smallest absolute Gasteiger partial charge is 0.271 e. The molecule has 17 heavy (non-hydrogen) atoms. The molecule has 0 saturated carbocycles. The SMILES string of the molecule is CCCN(CCC)S(=O)(=O)Nc1ccccc1. The van der Waals surface area contributed by atoms with Crippen LogP contribution in [0.25, 0.3) is 0 Å². The van der Waals surface area contributed by atoms with Crippen molar-refractivity contribution in [2.24, 2.45) is 0 Å². The van der Waals surface area contributed by atoms with Crippen molar-refractivity contribution in [1.82, 2.24) is 4.31 Å². The topological polar surface area (TPSA) is 49.4 Å². The van der Waals surface area contributed by atoms with Gasteiger partial charge in [-0.15, -0.1) is 0 Å². The van der Waals surface area contributed by atoms with E-state index in [1.807, 2.05) is 32.0 Å². The van der Waals surface area contributed by atoms with Gasteiger partial charge in [0.25, 0.3) is 0 Å². The van der Waals surface area contributed by atoms with Crippen LogP contribution in [0.2, 0.25) is 0 Å². The van der Waals surface area contributed by atoms with Gasteiger partial charge in [-0.3, -0.25) is 4.72 Å². The Bertz CT molecular complexity index is 411. The second-order valence-electron chi connectivity index (χ2n) is 3.87. The number of rotatable bonds is 7. The highest BCUT2D eigenvalue weighted by Gasteiger charge is 2.19. The summed E-state index contributed by atoms with van der Waals surface area (Å²) in [6.45, 7) is 5.05. The van der Waals surface area contributed by atoms with E-state index in [0.717, 1.165) is 12.8 Å². The third-order valence-corrected chi connectivity index (χ3v) is 3.85. The molecule has 96 valence electrons. The van der Waals surface area contributed by atoms with Crippen LogP contribution in [0.15, 0.2) is 30.3 Å². The summed E-state index contributed by atoms with van der Waals surface area (Å²) in [5.74, 6) is 0. The fourth-order valence-electron chi connectivity index (χ4n) is 1.57. The molecule has 1 aromatic rings. The summed E-state index contributed by atoms with van der Waals surface area (Å²) in [5.41, 5.74) is 0.602. The first-order chi connectivity index (χ1) is 8.10. The minimum atomic E-state index is -3.42. The first-order valence-electron chi connectivity index (χ1n) is 5.93. The molecule has 5 heteroatoms. The van der Waals surface area contributed by atoms with Crippen molar-refractivity contribution in [2.45, 2.75) is 26.7 Å². The summed E-state index contributed by atoms with van der Waals surface area (Å²) < 4.78 is 28.3. The summed E-state index contributed by atoms with van der Waals surface area (Å²) >= 11 is 0. The number of anilines is 1. The van der Waals surface area contributed by atoms with Gasteiger partial charge in [0.2, 0.25) is 0 Å². The van der Waals surface area contributed by atoms with E-state index in [9.17, 15) is 8.42 Å². The minimum absolute atomic E-state index is 0.552. The molecule has 0 spiro atoms. The van der Waals surface area contributed by atoms with E-state index in [2.05, 4.69) is 4.72 Å². The van der Waals surface area contributed by atoms with Crippen LogP contribution in [-0.2, 0) is 10.2 Å². The Labute approximate surface area is 104 Å². The van der Waals surface area contributed by atoms with Crippen molar-refractivity contribution in [3.63, 3.8) is 0 Å². The molecule has 0 amide bonds. The molecule has 4 nitrogen and oxygen atoms in total. The highest BCUT2D eigenvalue weighted by atomic mass is 32.2. The number of benzene rings is 1. The Kier molecular flexibility index (Phi) is 5.44. The first kappa shape index (κ1) is 14.0. The van der Waals surface area contributed by atoms with Crippen LogP contribution in [0.3, 0.4) is 0 Å². The Morgan fingerprint density at radius 2 is 1.59 bits per heavy atom. The summed E-state index contributed by atoms with van der Waals surface area (Å²) in [6.07, 6.45) is 1.63. The van der Waals surface area contributed by atoms with Crippen LogP contribution in [-0.4, -0.2) is 25.8 Å². The van der Waals surface area contributed by atoms with Gasteiger partial charge in [0.05, 0.1) is 0 Å². The van der Waals surface area contributed by atoms with Gasteiger partial charge >= 0.3 is 10.2 Å². The molecular formula is C12H20N2O2S. The summed E-state index contributed by atoms with van der Waals surface area (Å²) in [6, 6.07) is 8.96. The van der Waals surface area contributed by atoms with Crippen LogP contribution < -0.4 is 4.72 Å². The van der Waals surface area contributed by atoms with E-state index in [4.69, 9.17) is 0 Å². The van der Waals surface area contributed by atoms with Crippen LogP contribution in [0, 0.1) is 0 Å². The predicted octanol–water partition coefficient (Wildman–Crippen LogP) is 2.47. The summed E-state index contributed by atoms with van der Waals surface area (Å²) in [5, 5.41) is 0. The highest BCUT2D eigenvalue weighted by Crippen LogP contribution is 2.11. The number of para-hydroxylation sites is 1. The zero-order chi connectivity index (χ0) is 12.7. The monoisotopic (exact) mass is 256 g/mol. The fraction of sp³-hybridized carbons (Fsp3) is 0.500. The summed E-state index contributed by atoms with van der Waals surface area (Å²) in [4.78, 5) is 0. The van der Waals surface area contributed by atoms with Gasteiger partial charge in [0, 0.05) is 18.8 Å². The maximum Gasteiger partial charge on any atom is 0.301 e. The van der Waals surface area contributed by atoms with E-state index in [1.54, 1.807) is 12.1 Å². The van der Waals surface area contributed by atoms with Gasteiger partial charge in [-0.25, -0.2) is 0 Å². The van der Waals surface area contributed by atoms with Gasteiger partial charge in [0.15, 0.2) is 0 Å². The largest absolute Gasteiger partial charge is 0.301 e. The van der Waals surface area contributed by atoms with Crippen molar-refractivity contribution < 1.29 is 8.42 Å². The molecule has 0 aliphatic carbocycles. The Hall–Kier alpha value is -1.07. The highest BCUT2D eigenvalue weighted by molar-refractivity contribution is 7.90. The molecule has 0 unspecified atom stereocenters. The normalized spacial score (nSPS) is 11.7. The zero-order valence-electron chi connectivity index (χ0n) is 10.4. The Morgan fingerprint density at radius 1 is 1.06 bits per heavy atom. The average molecular weight is 256 g/mol. The maximum atomic E-state index is 12.1. The van der Waals surface area contributed by atoms with E-state index in [-0.39, 0.29) is 0 Å². The standard InChI is InChI=1S/C12H20N2O2S/c1-3-10-14(11-4-2)17(15,16)13-12-8-6-5-7-9-12/h5-9,13H,3-4,10-11H2,1-2H3. The lowest BCUT2D eigenvalue weighted by molar-refractivity contribution is 0.413. The van der Waals surface area contributed by atoms with Gasteiger partial charge in [-0.2, -0.15) is 12.7 Å². The van der Waals surface area contributed by atoms with Gasteiger partial charge in [0.1, 0.15) is 0 Å². The van der Waals surface area contributed by atoms with Crippen LogP contribution >= 0.6 is 0 Å². The van der Waals surface area contributed by atoms with E-state index < -0.39 is 10.2 Å². The van der Waals surface area contributed by atoms with Crippen molar-refractivity contribution in [1.29, 1.82) is 0 Å². The first-order valence-corrected chi connectivity index (χ1v) is 7.37. The second kappa shape index (κ2) is 6.61. The molecule has 0 bridgehead atoms. The average Bonchev–Trinajstić information content (AvgIpc) is 2.29. The number of hydrogen-bond donors (Lipinski definition) is 1. The lowest BCUT2D eigenvalue weighted by Gasteiger charge is -2.21. The van der Waals surface area contributed by atoms with E-state index in [1.165, 1.54) is 4.31 Å². The van der Waals surface area contributed by atoms with Crippen molar-refractivity contribution >= 4 is 15.9 Å². The molecule has 1 aromatic carbocycles. The van der Waals surface area contributed by atoms with Crippen molar-refractivity contribution in [3.8, 4) is 0 Å². The molecule has 0 fully saturated rings. The molecule has 0 heterocycles. The van der Waals surface area contributed by atoms with E-state index >= 15 is 0 Å². The maximum absolute atomic E-state index is 12.1. The molecule has 0 aliphatic heterocycles. The van der Waals surface area contributed by atoms with Crippen LogP contribution in [0.1, 0.15) is 26.7 Å². The van der Waals surface area contributed by atoms with Crippen LogP contribution in [0.5, 0.6) is 0 Å². The lowest BCUT2D eigenvalue weighted by Crippen LogP contribution is -2.37. The third-order valence-electron chi connectivity index (χ3n) is 2.31. The zero-order valence-corrected chi connectivity index (χ0v) is 11.2. The van der Waals surface area contributed by atoms with Crippen LogP contribution in [0.4, 0.5) is 5.69 Å². The molecule has 0 saturated heterocycles. The van der Waals surface area contributed by atoms with Crippen molar-refractivity contribution in [2.75, 3.05) is 17.8 Å². The minimum Gasteiger partial charge on any atom is -0.271 e. The third kappa shape index (κ3) is 4.36. The molecule has 1 N–H and O–H groups in total. The molecule has 0 aromatic heterocycles. The van der Waals surface area contributed by atoms with Crippen molar-refractivity contribution in [3.05, 3.63) is 30.3 Å². The fourth-order valence-corrected chi connectivity index (χ4v) is 2.98. The van der Waals surface area contributed by atoms with E-state index in [0.29, 0.717) is 18.8 Å². The number of nitrogens with zero attached hydrogens (tertiary/aromatic N) is 1. The second-order valence-corrected chi connectivity index (χ2v) is 5.54. The quantitative estimate of drug-likeness (QED) is 0.814. The molecule has 1 rings (SSSR count). The predicted molar refractivity (Wildman–Crippen MR) is 71.1 cm³/mol. The molecular weight excluding hydrogens is 236 g/mol. The number of hydrogen-bond acceptors (Lipinski definition) is 2. The number of nitrogens with one attached hydrogen (secondary N) is 1. The lowest BCUT2D eigenvalue weighted by atomic mass is 10.3. The Balaban J connectivity index is 2.78. The van der Waals surface area contributed by atoms with Gasteiger partial charge < -0.3 is 0 Å².